The van der Waals surface area contributed by atoms with Crippen LogP contribution in [0.1, 0.15) is 26.2 Å². The van der Waals surface area contributed by atoms with E-state index in [0.717, 1.165) is 19.3 Å². The number of rotatable bonds is 4. The van der Waals surface area contributed by atoms with Gasteiger partial charge in [-0.3, -0.25) is 14.4 Å². The van der Waals surface area contributed by atoms with Crippen molar-refractivity contribution in [1.29, 1.82) is 0 Å². The SMILES string of the molecule is CC(=O)Nc1cccc(NC(=O)[C@H]2[C@H]3CC[C@@H](C3)[C@H]2C(=O)O)c1. The number of hydrogen-bond donors (Lipinski definition) is 3. The maximum Gasteiger partial charge on any atom is 0.307 e. The first-order chi connectivity index (χ1) is 11.0. The highest BCUT2D eigenvalue weighted by molar-refractivity contribution is 5.97. The van der Waals surface area contributed by atoms with Crippen molar-refractivity contribution >= 4 is 29.2 Å². The minimum atomic E-state index is -0.871. The number of benzene rings is 1. The number of anilines is 2. The molecule has 0 aliphatic heterocycles. The number of carbonyl (C=O) groups excluding carboxylic acids is 2. The number of fused-ring (bicyclic) bond motifs is 2. The molecule has 3 N–H and O–H groups in total. The molecule has 6 nitrogen and oxygen atoms in total. The van der Waals surface area contributed by atoms with E-state index in [9.17, 15) is 19.5 Å². The summed E-state index contributed by atoms with van der Waals surface area (Å²) in [6.45, 7) is 1.41. The first-order valence-electron chi connectivity index (χ1n) is 7.87. The Kier molecular flexibility index (Phi) is 4.07. The lowest BCUT2D eigenvalue weighted by Crippen LogP contribution is -2.37. The average Bonchev–Trinajstić information content (AvgIpc) is 3.07. The summed E-state index contributed by atoms with van der Waals surface area (Å²) in [4.78, 5) is 35.2. The van der Waals surface area contributed by atoms with Crippen LogP contribution in [0.2, 0.25) is 0 Å². The van der Waals surface area contributed by atoms with E-state index in [1.165, 1.54) is 6.92 Å². The summed E-state index contributed by atoms with van der Waals surface area (Å²) in [6.07, 6.45) is 2.67. The predicted octanol–water partition coefficient (Wildman–Crippen LogP) is 2.33. The lowest BCUT2D eigenvalue weighted by molar-refractivity contribution is -0.148. The maximum absolute atomic E-state index is 12.6. The molecular weight excluding hydrogens is 296 g/mol. The first-order valence-corrected chi connectivity index (χ1v) is 7.87. The molecule has 2 fully saturated rings. The van der Waals surface area contributed by atoms with Gasteiger partial charge in [-0.1, -0.05) is 6.07 Å². The molecule has 0 spiro atoms. The van der Waals surface area contributed by atoms with Crippen molar-refractivity contribution in [3.8, 4) is 0 Å². The van der Waals surface area contributed by atoms with Crippen LogP contribution in [0.15, 0.2) is 24.3 Å². The van der Waals surface area contributed by atoms with Gasteiger partial charge in [0.05, 0.1) is 11.8 Å². The van der Waals surface area contributed by atoms with Crippen molar-refractivity contribution in [2.45, 2.75) is 26.2 Å². The van der Waals surface area contributed by atoms with Gasteiger partial charge in [0.15, 0.2) is 0 Å². The number of carboxylic acids is 1. The molecule has 2 aliphatic rings. The minimum Gasteiger partial charge on any atom is -0.481 e. The number of aliphatic carboxylic acids is 1. The van der Waals surface area contributed by atoms with Crippen molar-refractivity contribution < 1.29 is 19.5 Å². The summed E-state index contributed by atoms with van der Waals surface area (Å²) in [5, 5.41) is 14.9. The standard InChI is InChI=1S/C17H20N2O4/c1-9(20)18-12-3-2-4-13(8-12)19-16(21)14-10-5-6-11(7-10)15(14)17(22)23/h2-4,8,10-11,14-15H,5-7H2,1H3,(H,18,20)(H,19,21)(H,22,23)/t10-,11-,14-,15+/m0/s1. The molecule has 23 heavy (non-hydrogen) atoms. The number of carboxylic acid groups (broad SMARTS) is 1. The predicted molar refractivity (Wildman–Crippen MR) is 84.8 cm³/mol. The molecule has 3 rings (SSSR count). The van der Waals surface area contributed by atoms with Gasteiger partial charge in [0.1, 0.15) is 0 Å². The second kappa shape index (κ2) is 6.02. The number of amides is 2. The summed E-state index contributed by atoms with van der Waals surface area (Å²) in [6, 6.07) is 6.86. The van der Waals surface area contributed by atoms with Gasteiger partial charge >= 0.3 is 5.97 Å². The zero-order valence-electron chi connectivity index (χ0n) is 12.9. The smallest absolute Gasteiger partial charge is 0.307 e. The van der Waals surface area contributed by atoms with Crippen LogP contribution < -0.4 is 10.6 Å². The number of hydrogen-bond acceptors (Lipinski definition) is 3. The maximum atomic E-state index is 12.6. The van der Waals surface area contributed by atoms with Gasteiger partial charge in [0.25, 0.3) is 0 Å². The molecule has 0 saturated heterocycles. The Labute approximate surface area is 134 Å². The Balaban J connectivity index is 1.74. The lowest BCUT2D eigenvalue weighted by atomic mass is 9.78. The summed E-state index contributed by atoms with van der Waals surface area (Å²) >= 11 is 0. The van der Waals surface area contributed by atoms with Gasteiger partial charge in [0.2, 0.25) is 11.8 Å². The zero-order chi connectivity index (χ0) is 16.6. The van der Waals surface area contributed by atoms with Gasteiger partial charge in [-0.15, -0.1) is 0 Å². The van der Waals surface area contributed by atoms with E-state index in [4.69, 9.17) is 0 Å². The molecule has 122 valence electrons. The molecule has 2 bridgehead atoms. The second-order valence-corrected chi connectivity index (χ2v) is 6.47. The summed E-state index contributed by atoms with van der Waals surface area (Å²) in [7, 11) is 0. The van der Waals surface area contributed by atoms with Crippen LogP contribution in [0.25, 0.3) is 0 Å². The quantitative estimate of drug-likeness (QED) is 0.794. The molecule has 2 saturated carbocycles. The molecule has 2 aliphatic carbocycles. The summed E-state index contributed by atoms with van der Waals surface area (Å²) in [5.41, 5.74) is 1.16. The van der Waals surface area contributed by atoms with Crippen LogP contribution in [0, 0.1) is 23.7 Å². The van der Waals surface area contributed by atoms with Gasteiger partial charge in [0, 0.05) is 18.3 Å². The molecule has 0 unspecified atom stereocenters. The van der Waals surface area contributed by atoms with Crippen LogP contribution in [-0.4, -0.2) is 22.9 Å². The average molecular weight is 316 g/mol. The molecule has 1 aromatic rings. The van der Waals surface area contributed by atoms with E-state index >= 15 is 0 Å². The van der Waals surface area contributed by atoms with Crippen molar-refractivity contribution in [1.82, 2.24) is 0 Å². The zero-order valence-corrected chi connectivity index (χ0v) is 12.9. The van der Waals surface area contributed by atoms with Gasteiger partial charge < -0.3 is 15.7 Å². The van der Waals surface area contributed by atoms with E-state index in [2.05, 4.69) is 10.6 Å². The molecule has 6 heteroatoms. The van der Waals surface area contributed by atoms with Crippen molar-refractivity contribution in [2.24, 2.45) is 23.7 Å². The van der Waals surface area contributed by atoms with Gasteiger partial charge in [-0.25, -0.2) is 0 Å². The molecule has 0 radical (unpaired) electrons. The van der Waals surface area contributed by atoms with Gasteiger partial charge in [-0.05, 0) is 49.3 Å². The molecule has 0 aromatic heterocycles. The molecular formula is C17H20N2O4. The Morgan fingerprint density at radius 3 is 2.26 bits per heavy atom. The Morgan fingerprint density at radius 2 is 1.65 bits per heavy atom. The van der Waals surface area contributed by atoms with Crippen LogP contribution in [0.3, 0.4) is 0 Å². The second-order valence-electron chi connectivity index (χ2n) is 6.47. The fourth-order valence-electron chi connectivity index (χ4n) is 4.13. The fraction of sp³-hybridized carbons (Fsp3) is 0.471. The number of carbonyl (C=O) groups is 3. The first kappa shape index (κ1) is 15.5. The topological polar surface area (TPSA) is 95.5 Å². The van der Waals surface area contributed by atoms with Crippen LogP contribution >= 0.6 is 0 Å². The molecule has 2 amide bonds. The highest BCUT2D eigenvalue weighted by atomic mass is 16.4. The third kappa shape index (κ3) is 3.06. The van der Waals surface area contributed by atoms with E-state index in [-0.39, 0.29) is 23.7 Å². The molecule has 0 heterocycles. The largest absolute Gasteiger partial charge is 0.481 e. The minimum absolute atomic E-state index is 0.124. The lowest BCUT2D eigenvalue weighted by Gasteiger charge is -2.27. The van der Waals surface area contributed by atoms with E-state index in [1.54, 1.807) is 24.3 Å². The molecule has 4 atom stereocenters. The van der Waals surface area contributed by atoms with Crippen molar-refractivity contribution in [3.63, 3.8) is 0 Å². The van der Waals surface area contributed by atoms with Crippen LogP contribution in [0.5, 0.6) is 0 Å². The van der Waals surface area contributed by atoms with Crippen molar-refractivity contribution in [2.75, 3.05) is 10.6 Å². The monoisotopic (exact) mass is 316 g/mol. The van der Waals surface area contributed by atoms with E-state index in [1.807, 2.05) is 0 Å². The number of nitrogens with one attached hydrogen (secondary N) is 2. The van der Waals surface area contributed by atoms with E-state index < -0.39 is 17.8 Å². The van der Waals surface area contributed by atoms with Crippen molar-refractivity contribution in [3.05, 3.63) is 24.3 Å². The van der Waals surface area contributed by atoms with Crippen LogP contribution in [0.4, 0.5) is 11.4 Å². The Bertz CT molecular complexity index is 658. The van der Waals surface area contributed by atoms with E-state index in [0.29, 0.717) is 11.4 Å². The summed E-state index contributed by atoms with van der Waals surface area (Å²) in [5.74, 6) is -2.04. The third-order valence-electron chi connectivity index (χ3n) is 4.95. The van der Waals surface area contributed by atoms with Crippen LogP contribution in [-0.2, 0) is 14.4 Å². The normalized spacial score (nSPS) is 28.4. The van der Waals surface area contributed by atoms with Gasteiger partial charge in [-0.2, -0.15) is 0 Å². The fourth-order valence-corrected chi connectivity index (χ4v) is 4.13. The highest BCUT2D eigenvalue weighted by Gasteiger charge is 2.53. The Morgan fingerprint density at radius 1 is 1.04 bits per heavy atom. The Hall–Kier alpha value is -2.37. The third-order valence-corrected chi connectivity index (χ3v) is 4.95. The summed E-state index contributed by atoms with van der Waals surface area (Å²) < 4.78 is 0. The molecule has 1 aromatic carbocycles. The highest BCUT2D eigenvalue weighted by Crippen LogP contribution is 2.52.